The van der Waals surface area contributed by atoms with E-state index in [1.807, 2.05) is 0 Å². The van der Waals surface area contributed by atoms with E-state index in [1.54, 1.807) is 0 Å². The lowest BCUT2D eigenvalue weighted by Crippen LogP contribution is -2.43. The molecule has 5 nitrogen and oxygen atoms in total. The fourth-order valence-corrected chi connectivity index (χ4v) is 2.02. The molecule has 0 bridgehead atoms. The van der Waals surface area contributed by atoms with Gasteiger partial charge in [-0.2, -0.15) is 0 Å². The standard InChI is InChI=1S/C11H22N2O3/c12-10(14)8-16-7-6-13-9-11(15)4-2-1-3-5-11/h13,15H,1-9H2,(H2,12,14). The van der Waals surface area contributed by atoms with Crippen molar-refractivity contribution in [3.63, 3.8) is 0 Å². The van der Waals surface area contributed by atoms with E-state index in [-0.39, 0.29) is 6.61 Å². The zero-order valence-corrected chi connectivity index (χ0v) is 9.71. The summed E-state index contributed by atoms with van der Waals surface area (Å²) in [6.45, 7) is 1.65. The van der Waals surface area contributed by atoms with Gasteiger partial charge in [0, 0.05) is 13.1 Å². The van der Waals surface area contributed by atoms with Crippen LogP contribution < -0.4 is 11.1 Å². The Kier molecular flexibility index (Phi) is 5.73. The van der Waals surface area contributed by atoms with Gasteiger partial charge < -0.3 is 20.9 Å². The van der Waals surface area contributed by atoms with Gasteiger partial charge in [0.25, 0.3) is 0 Å². The van der Waals surface area contributed by atoms with Gasteiger partial charge in [0.1, 0.15) is 6.61 Å². The predicted octanol–water partition coefficient (Wildman–Crippen LogP) is -0.227. The summed E-state index contributed by atoms with van der Waals surface area (Å²) in [4.78, 5) is 10.4. The average Bonchev–Trinajstić information content (AvgIpc) is 2.24. The largest absolute Gasteiger partial charge is 0.389 e. The van der Waals surface area contributed by atoms with Crippen molar-refractivity contribution in [2.75, 3.05) is 26.3 Å². The molecule has 1 amide bonds. The first-order valence-corrected chi connectivity index (χ1v) is 5.92. The summed E-state index contributed by atoms with van der Waals surface area (Å²) in [6, 6.07) is 0. The highest BCUT2D eigenvalue weighted by Crippen LogP contribution is 2.27. The second-order valence-corrected chi connectivity index (χ2v) is 4.48. The molecule has 0 aliphatic heterocycles. The van der Waals surface area contributed by atoms with Gasteiger partial charge in [0.15, 0.2) is 0 Å². The van der Waals surface area contributed by atoms with E-state index in [2.05, 4.69) is 5.32 Å². The van der Waals surface area contributed by atoms with E-state index in [9.17, 15) is 9.90 Å². The molecule has 0 aromatic heterocycles. The monoisotopic (exact) mass is 230 g/mol. The van der Waals surface area contributed by atoms with Gasteiger partial charge >= 0.3 is 0 Å². The third-order valence-corrected chi connectivity index (χ3v) is 2.91. The van der Waals surface area contributed by atoms with Crippen molar-refractivity contribution < 1.29 is 14.6 Å². The maximum Gasteiger partial charge on any atom is 0.243 e. The second-order valence-electron chi connectivity index (χ2n) is 4.48. The molecule has 0 aromatic carbocycles. The first-order chi connectivity index (χ1) is 7.62. The third kappa shape index (κ3) is 5.44. The van der Waals surface area contributed by atoms with Crippen LogP contribution in [0.1, 0.15) is 32.1 Å². The maximum atomic E-state index is 10.4. The van der Waals surface area contributed by atoms with Gasteiger partial charge in [0.2, 0.25) is 5.91 Å². The molecule has 1 aliphatic rings. The number of nitrogens with two attached hydrogens (primary N) is 1. The Bertz CT molecular complexity index is 215. The highest BCUT2D eigenvalue weighted by atomic mass is 16.5. The predicted molar refractivity (Wildman–Crippen MR) is 60.9 cm³/mol. The average molecular weight is 230 g/mol. The Morgan fingerprint density at radius 1 is 1.38 bits per heavy atom. The number of amides is 1. The van der Waals surface area contributed by atoms with Gasteiger partial charge in [-0.05, 0) is 12.8 Å². The molecule has 0 unspecified atom stereocenters. The Labute approximate surface area is 96.3 Å². The van der Waals surface area contributed by atoms with Crippen molar-refractivity contribution in [2.45, 2.75) is 37.7 Å². The van der Waals surface area contributed by atoms with Gasteiger partial charge in [-0.3, -0.25) is 4.79 Å². The normalized spacial score (nSPS) is 19.6. The minimum Gasteiger partial charge on any atom is -0.389 e. The minimum absolute atomic E-state index is 0.0358. The summed E-state index contributed by atoms with van der Waals surface area (Å²) in [5.41, 5.74) is 4.38. The Morgan fingerprint density at radius 3 is 2.69 bits per heavy atom. The third-order valence-electron chi connectivity index (χ3n) is 2.91. The van der Waals surface area contributed by atoms with Crippen LogP contribution in [0.15, 0.2) is 0 Å². The quantitative estimate of drug-likeness (QED) is 0.528. The van der Waals surface area contributed by atoms with Crippen molar-refractivity contribution in [1.82, 2.24) is 5.32 Å². The molecule has 1 saturated carbocycles. The van der Waals surface area contributed by atoms with Crippen molar-refractivity contribution in [3.8, 4) is 0 Å². The van der Waals surface area contributed by atoms with Crippen LogP contribution in [0.25, 0.3) is 0 Å². The summed E-state index contributed by atoms with van der Waals surface area (Å²) in [6.07, 6.45) is 5.20. The Morgan fingerprint density at radius 2 is 2.06 bits per heavy atom. The Hall–Kier alpha value is -0.650. The molecular weight excluding hydrogens is 208 g/mol. The molecule has 4 N–H and O–H groups in total. The lowest BCUT2D eigenvalue weighted by Gasteiger charge is -2.32. The van der Waals surface area contributed by atoms with Gasteiger partial charge in [-0.1, -0.05) is 19.3 Å². The van der Waals surface area contributed by atoms with E-state index >= 15 is 0 Å². The van der Waals surface area contributed by atoms with Crippen LogP contribution in [0.5, 0.6) is 0 Å². The molecule has 0 atom stereocenters. The number of hydrogen-bond donors (Lipinski definition) is 3. The summed E-state index contributed by atoms with van der Waals surface area (Å²) < 4.78 is 5.00. The van der Waals surface area contributed by atoms with Gasteiger partial charge in [-0.15, -0.1) is 0 Å². The van der Waals surface area contributed by atoms with E-state index < -0.39 is 11.5 Å². The SMILES string of the molecule is NC(=O)COCCNCC1(O)CCCCC1. The molecule has 1 rings (SSSR count). The summed E-state index contributed by atoms with van der Waals surface area (Å²) in [5, 5.41) is 13.3. The number of hydrogen-bond acceptors (Lipinski definition) is 4. The molecule has 0 saturated heterocycles. The van der Waals surface area contributed by atoms with Crippen LogP contribution in [0.2, 0.25) is 0 Å². The van der Waals surface area contributed by atoms with Crippen LogP contribution in [0.3, 0.4) is 0 Å². The summed E-state index contributed by atoms with van der Waals surface area (Å²) in [5.74, 6) is -0.453. The molecular formula is C11H22N2O3. The van der Waals surface area contributed by atoms with Crippen LogP contribution in [0, 0.1) is 0 Å². The van der Waals surface area contributed by atoms with E-state index in [4.69, 9.17) is 10.5 Å². The lowest BCUT2D eigenvalue weighted by molar-refractivity contribution is -0.122. The van der Waals surface area contributed by atoms with E-state index in [0.29, 0.717) is 19.7 Å². The van der Waals surface area contributed by atoms with E-state index in [1.165, 1.54) is 6.42 Å². The number of carbonyl (C=O) groups is 1. The summed E-state index contributed by atoms with van der Waals surface area (Å²) >= 11 is 0. The number of carbonyl (C=O) groups excluding carboxylic acids is 1. The fraction of sp³-hybridized carbons (Fsp3) is 0.909. The van der Waals surface area contributed by atoms with Crippen LogP contribution in [-0.2, 0) is 9.53 Å². The molecule has 0 heterocycles. The van der Waals surface area contributed by atoms with Crippen molar-refractivity contribution in [2.24, 2.45) is 5.73 Å². The molecule has 1 fully saturated rings. The van der Waals surface area contributed by atoms with Crippen molar-refractivity contribution in [1.29, 1.82) is 0 Å². The maximum absolute atomic E-state index is 10.4. The molecule has 5 heteroatoms. The highest BCUT2D eigenvalue weighted by molar-refractivity contribution is 5.74. The molecule has 0 spiro atoms. The topological polar surface area (TPSA) is 84.6 Å². The summed E-state index contributed by atoms with van der Waals surface area (Å²) in [7, 11) is 0. The van der Waals surface area contributed by atoms with E-state index in [0.717, 1.165) is 25.7 Å². The number of nitrogens with one attached hydrogen (secondary N) is 1. The lowest BCUT2D eigenvalue weighted by atomic mass is 9.85. The molecule has 94 valence electrons. The number of aliphatic hydroxyl groups is 1. The fourth-order valence-electron chi connectivity index (χ4n) is 2.02. The smallest absolute Gasteiger partial charge is 0.243 e. The highest BCUT2D eigenvalue weighted by Gasteiger charge is 2.28. The van der Waals surface area contributed by atoms with Crippen LogP contribution in [0.4, 0.5) is 0 Å². The molecule has 16 heavy (non-hydrogen) atoms. The molecule has 0 radical (unpaired) electrons. The zero-order valence-electron chi connectivity index (χ0n) is 9.71. The second kappa shape index (κ2) is 6.83. The van der Waals surface area contributed by atoms with Crippen LogP contribution in [-0.4, -0.2) is 42.9 Å². The molecule has 0 aromatic rings. The number of primary amides is 1. The van der Waals surface area contributed by atoms with Gasteiger partial charge in [-0.25, -0.2) is 0 Å². The first kappa shape index (κ1) is 13.4. The van der Waals surface area contributed by atoms with Crippen molar-refractivity contribution in [3.05, 3.63) is 0 Å². The first-order valence-electron chi connectivity index (χ1n) is 5.92. The number of rotatable bonds is 7. The Balaban J connectivity index is 1.99. The van der Waals surface area contributed by atoms with Crippen LogP contribution >= 0.6 is 0 Å². The van der Waals surface area contributed by atoms with Gasteiger partial charge in [0.05, 0.1) is 12.2 Å². The number of ether oxygens (including phenoxy) is 1. The minimum atomic E-state index is -0.540. The zero-order chi connectivity index (χ0) is 11.9. The molecule has 1 aliphatic carbocycles. The van der Waals surface area contributed by atoms with Crippen molar-refractivity contribution >= 4 is 5.91 Å².